The number of amides is 1. The first kappa shape index (κ1) is 17.1. The lowest BCUT2D eigenvalue weighted by molar-refractivity contribution is 0.0698. The second-order valence-corrected chi connectivity index (χ2v) is 7.09. The predicted octanol–water partition coefficient (Wildman–Crippen LogP) is 1.61. The number of carbonyl (C=O) groups is 1. The van der Waals surface area contributed by atoms with Crippen LogP contribution in [-0.2, 0) is 6.61 Å². The lowest BCUT2D eigenvalue weighted by Crippen LogP contribution is -2.52. The molecule has 0 radical (unpaired) electrons. The zero-order valence-electron chi connectivity index (χ0n) is 14.2. The summed E-state index contributed by atoms with van der Waals surface area (Å²) in [6.45, 7) is 3.24. The van der Waals surface area contributed by atoms with Crippen molar-refractivity contribution in [2.45, 2.75) is 19.6 Å². The fourth-order valence-corrected chi connectivity index (χ4v) is 4.02. The van der Waals surface area contributed by atoms with Crippen molar-refractivity contribution < 1.29 is 14.6 Å². The van der Waals surface area contributed by atoms with Crippen molar-refractivity contribution in [3.8, 4) is 5.75 Å². The first-order valence-corrected chi connectivity index (χ1v) is 9.20. The number of aliphatic hydroxyl groups excluding tert-OH is 1. The normalized spacial score (nSPS) is 18.3. The fraction of sp³-hybridized carbons (Fsp3) is 0.333. The number of hydrogen-bond donors (Lipinski definition) is 1. The molecule has 1 aromatic heterocycles. The van der Waals surface area contributed by atoms with Crippen LogP contribution in [0.15, 0.2) is 39.6 Å². The average Bonchev–Trinajstić information content (AvgIpc) is 2.98. The Hall–Kier alpha value is -2.32. The molecule has 1 N–H and O–H groups in total. The molecule has 0 fully saturated rings. The highest BCUT2D eigenvalue weighted by atomic mass is 79.9. The average molecular weight is 420 g/mol. The molecule has 0 saturated heterocycles. The predicted molar refractivity (Wildman–Crippen MR) is 98.8 cm³/mol. The third-order valence-electron chi connectivity index (χ3n) is 4.70. The van der Waals surface area contributed by atoms with Gasteiger partial charge < -0.3 is 14.7 Å². The summed E-state index contributed by atoms with van der Waals surface area (Å²) in [5, 5.41) is 12.2. The topological polar surface area (TPSA) is 75.0 Å². The number of ether oxygens (including phenoxy) is 1. The zero-order chi connectivity index (χ0) is 18.4. The van der Waals surface area contributed by atoms with Crippen LogP contribution in [0.2, 0.25) is 0 Å². The van der Waals surface area contributed by atoms with E-state index >= 15 is 0 Å². The van der Waals surface area contributed by atoms with Gasteiger partial charge in [-0.05, 0) is 28.4 Å². The molecular formula is C18H18BrN3O4. The smallest absolute Gasteiger partial charge is 0.277 e. The van der Waals surface area contributed by atoms with E-state index in [0.717, 1.165) is 5.56 Å². The summed E-state index contributed by atoms with van der Waals surface area (Å²) in [5.74, 6) is -0.265. The highest BCUT2D eigenvalue weighted by molar-refractivity contribution is 9.10. The molecule has 1 amide bonds. The summed E-state index contributed by atoms with van der Waals surface area (Å²) < 4.78 is 7.68. The van der Waals surface area contributed by atoms with Crippen molar-refractivity contribution in [1.29, 1.82) is 0 Å². The minimum atomic E-state index is -0.844. The summed E-state index contributed by atoms with van der Waals surface area (Å²) in [4.78, 5) is 27.4. The van der Waals surface area contributed by atoms with Gasteiger partial charge in [-0.2, -0.15) is 0 Å². The molecule has 0 aliphatic carbocycles. The number of halogens is 1. The Balaban J connectivity index is 1.85. The molecule has 136 valence electrons. The molecule has 1 atom stereocenters. The Kier molecular flexibility index (Phi) is 4.24. The number of aromatic nitrogens is 1. The molecule has 7 nitrogen and oxygen atoms in total. The minimum Gasteiger partial charge on any atom is -0.482 e. The van der Waals surface area contributed by atoms with Gasteiger partial charge in [0.15, 0.2) is 11.4 Å². The van der Waals surface area contributed by atoms with Crippen LogP contribution in [0.4, 0.5) is 0 Å². The summed E-state index contributed by atoms with van der Waals surface area (Å²) >= 11 is 3.29. The van der Waals surface area contributed by atoms with E-state index in [0.29, 0.717) is 25.5 Å². The van der Waals surface area contributed by atoms with Crippen LogP contribution in [0.25, 0.3) is 0 Å². The van der Waals surface area contributed by atoms with Crippen molar-refractivity contribution in [1.82, 2.24) is 9.58 Å². The molecule has 2 aromatic rings. The number of nitrogens with zero attached hydrogens (tertiary/aromatic N) is 3. The van der Waals surface area contributed by atoms with Gasteiger partial charge in [0.1, 0.15) is 19.4 Å². The molecule has 1 unspecified atom stereocenters. The van der Waals surface area contributed by atoms with Gasteiger partial charge in [-0.25, -0.2) is 4.68 Å². The molecular weight excluding hydrogens is 402 g/mol. The maximum absolute atomic E-state index is 12.9. The Bertz CT molecular complexity index is 928. The fourth-order valence-electron chi connectivity index (χ4n) is 3.41. The molecule has 1 aromatic carbocycles. The largest absolute Gasteiger partial charge is 0.482 e. The third kappa shape index (κ3) is 2.52. The van der Waals surface area contributed by atoms with Crippen LogP contribution < -0.4 is 15.2 Å². The second kappa shape index (κ2) is 6.44. The van der Waals surface area contributed by atoms with Gasteiger partial charge in [0.05, 0.1) is 16.7 Å². The Morgan fingerprint density at radius 2 is 2.00 bits per heavy atom. The van der Waals surface area contributed by atoms with Gasteiger partial charge in [-0.15, -0.1) is 0 Å². The molecule has 0 saturated carbocycles. The minimum absolute atomic E-state index is 0.00623. The molecule has 8 heteroatoms. The van der Waals surface area contributed by atoms with Crippen LogP contribution in [0.3, 0.4) is 0 Å². The van der Waals surface area contributed by atoms with Crippen LogP contribution in [-0.4, -0.2) is 40.3 Å². The molecule has 0 spiro atoms. The third-order valence-corrected chi connectivity index (χ3v) is 5.47. The quantitative estimate of drug-likeness (QED) is 0.814. The molecule has 3 heterocycles. The molecule has 26 heavy (non-hydrogen) atoms. The molecule has 0 bridgehead atoms. The Morgan fingerprint density at radius 3 is 2.69 bits per heavy atom. The van der Waals surface area contributed by atoms with Crippen molar-refractivity contribution in [3.63, 3.8) is 0 Å². The molecule has 4 rings (SSSR count). The van der Waals surface area contributed by atoms with E-state index in [-0.39, 0.29) is 28.4 Å². The van der Waals surface area contributed by atoms with Crippen LogP contribution in [0.5, 0.6) is 5.75 Å². The van der Waals surface area contributed by atoms with Gasteiger partial charge in [-0.1, -0.05) is 30.3 Å². The number of hydrogen-bond acceptors (Lipinski definition) is 5. The summed E-state index contributed by atoms with van der Waals surface area (Å²) in [6.07, 6.45) is -0.844. The van der Waals surface area contributed by atoms with Gasteiger partial charge >= 0.3 is 0 Å². The number of pyridine rings is 1. The van der Waals surface area contributed by atoms with E-state index in [2.05, 4.69) is 15.9 Å². The van der Waals surface area contributed by atoms with Crippen LogP contribution in [0, 0.1) is 0 Å². The maximum Gasteiger partial charge on any atom is 0.277 e. The van der Waals surface area contributed by atoms with Gasteiger partial charge in [0, 0.05) is 6.54 Å². The highest BCUT2D eigenvalue weighted by Gasteiger charge is 2.42. The SMILES string of the molecule is CCN1CN2CC(O)c3c(Br)c(=O)c(OCc4ccccc4)c(n32)C1=O. The number of carbonyl (C=O) groups excluding carboxylic acids is 1. The van der Waals surface area contributed by atoms with E-state index in [1.54, 1.807) is 9.58 Å². The standard InChI is InChI=1S/C18H18BrN3O4/c1-2-20-10-21-8-12(23)14-13(19)16(24)17(15(18(20)25)22(14)21)26-9-11-6-4-3-5-7-11/h3-7,12,23H,2,8-10H2,1H3. The first-order valence-electron chi connectivity index (χ1n) is 8.40. The van der Waals surface area contributed by atoms with E-state index in [1.807, 2.05) is 42.3 Å². The highest BCUT2D eigenvalue weighted by Crippen LogP contribution is 2.35. The molecule has 2 aliphatic rings. The summed E-state index contributed by atoms with van der Waals surface area (Å²) in [5.41, 5.74) is 1.05. The van der Waals surface area contributed by atoms with Gasteiger partial charge in [0.25, 0.3) is 5.91 Å². The number of benzene rings is 1. The lowest BCUT2D eigenvalue weighted by Gasteiger charge is -2.37. The van der Waals surface area contributed by atoms with Crippen LogP contribution >= 0.6 is 15.9 Å². The van der Waals surface area contributed by atoms with Gasteiger partial charge in [0.2, 0.25) is 5.43 Å². The first-order chi connectivity index (χ1) is 12.5. The van der Waals surface area contributed by atoms with Crippen molar-refractivity contribution >= 4 is 21.8 Å². The van der Waals surface area contributed by atoms with E-state index in [9.17, 15) is 14.7 Å². The maximum atomic E-state index is 12.9. The summed E-state index contributed by atoms with van der Waals surface area (Å²) in [6, 6.07) is 9.45. The van der Waals surface area contributed by atoms with Crippen molar-refractivity contribution in [2.75, 3.05) is 24.8 Å². The van der Waals surface area contributed by atoms with E-state index in [4.69, 9.17) is 4.74 Å². The lowest BCUT2D eigenvalue weighted by atomic mass is 10.2. The zero-order valence-corrected chi connectivity index (χ0v) is 15.8. The van der Waals surface area contributed by atoms with E-state index in [1.165, 1.54) is 0 Å². The van der Waals surface area contributed by atoms with Gasteiger partial charge in [-0.3, -0.25) is 14.6 Å². The second-order valence-electron chi connectivity index (χ2n) is 6.30. The number of aliphatic hydroxyl groups is 1. The van der Waals surface area contributed by atoms with E-state index < -0.39 is 11.5 Å². The van der Waals surface area contributed by atoms with Crippen molar-refractivity contribution in [3.05, 3.63) is 62.0 Å². The van der Waals surface area contributed by atoms with Crippen LogP contribution in [0.1, 0.15) is 34.8 Å². The van der Waals surface area contributed by atoms with Crippen molar-refractivity contribution in [2.24, 2.45) is 0 Å². The summed E-state index contributed by atoms with van der Waals surface area (Å²) in [7, 11) is 0. The Morgan fingerprint density at radius 1 is 1.27 bits per heavy atom. The molecule has 2 aliphatic heterocycles. The Labute approximate surface area is 158 Å². The monoisotopic (exact) mass is 419 g/mol. The number of rotatable bonds is 4.